The van der Waals surface area contributed by atoms with Gasteiger partial charge in [-0.05, 0) is 12.5 Å². The number of esters is 1. The van der Waals surface area contributed by atoms with Crippen LogP contribution < -0.4 is 5.73 Å². The Hall–Kier alpha value is -2.37. The van der Waals surface area contributed by atoms with Crippen LogP contribution in [0.15, 0.2) is 24.7 Å². The number of hydrogen-bond acceptors (Lipinski definition) is 5. The summed E-state index contributed by atoms with van der Waals surface area (Å²) in [6, 6.07) is 1.51. The molecular formula is C13H16N4O2. The normalized spacial score (nSPS) is 10.4. The van der Waals surface area contributed by atoms with Crippen molar-refractivity contribution < 1.29 is 9.53 Å². The van der Waals surface area contributed by atoms with Gasteiger partial charge < -0.3 is 15.0 Å². The first-order valence-electron chi connectivity index (χ1n) is 6.03. The lowest BCUT2D eigenvalue weighted by Gasteiger charge is -2.11. The number of carbonyl (C=O) groups excluding carboxylic acids is 1. The minimum Gasteiger partial charge on any atom is -0.465 e. The van der Waals surface area contributed by atoms with Gasteiger partial charge in [-0.1, -0.05) is 6.92 Å². The third-order valence-corrected chi connectivity index (χ3v) is 2.76. The molecule has 0 amide bonds. The molecule has 0 spiro atoms. The SMILES string of the molecule is CCCc1nccn1-c1cnc(N)cc1C(=O)OC. The fourth-order valence-electron chi connectivity index (χ4n) is 1.89. The van der Waals surface area contributed by atoms with Crippen LogP contribution in [0.1, 0.15) is 29.5 Å². The van der Waals surface area contributed by atoms with Crippen molar-refractivity contribution in [3.05, 3.63) is 36.0 Å². The average Bonchev–Trinajstić information content (AvgIpc) is 2.86. The lowest BCUT2D eigenvalue weighted by Crippen LogP contribution is -2.11. The van der Waals surface area contributed by atoms with Gasteiger partial charge in [0.25, 0.3) is 0 Å². The van der Waals surface area contributed by atoms with E-state index in [1.807, 2.05) is 4.57 Å². The number of ether oxygens (including phenoxy) is 1. The molecule has 0 aliphatic heterocycles. The van der Waals surface area contributed by atoms with Crippen molar-refractivity contribution >= 4 is 11.8 Å². The molecule has 0 aromatic carbocycles. The summed E-state index contributed by atoms with van der Waals surface area (Å²) in [6.45, 7) is 2.07. The third-order valence-electron chi connectivity index (χ3n) is 2.76. The number of nitrogen functional groups attached to an aromatic ring is 1. The summed E-state index contributed by atoms with van der Waals surface area (Å²) in [5, 5.41) is 0. The highest BCUT2D eigenvalue weighted by Gasteiger charge is 2.16. The summed E-state index contributed by atoms with van der Waals surface area (Å²) in [6.07, 6.45) is 6.83. The Kier molecular flexibility index (Phi) is 3.79. The van der Waals surface area contributed by atoms with Crippen molar-refractivity contribution in [2.45, 2.75) is 19.8 Å². The number of nitrogens with two attached hydrogens (primary N) is 1. The van der Waals surface area contributed by atoms with Gasteiger partial charge in [0.1, 0.15) is 11.6 Å². The molecule has 0 aliphatic rings. The van der Waals surface area contributed by atoms with Crippen LogP contribution in [0, 0.1) is 0 Å². The molecule has 0 fully saturated rings. The van der Waals surface area contributed by atoms with Gasteiger partial charge in [0, 0.05) is 18.8 Å². The summed E-state index contributed by atoms with van der Waals surface area (Å²) in [7, 11) is 1.34. The number of imidazole rings is 1. The molecule has 0 unspecified atom stereocenters. The predicted octanol–water partition coefficient (Wildman–Crippen LogP) is 1.59. The third kappa shape index (κ3) is 2.57. The number of anilines is 1. The van der Waals surface area contributed by atoms with E-state index >= 15 is 0 Å². The molecule has 0 bridgehead atoms. The van der Waals surface area contributed by atoms with E-state index < -0.39 is 5.97 Å². The maximum atomic E-state index is 11.8. The van der Waals surface area contributed by atoms with E-state index in [9.17, 15) is 4.79 Å². The first-order chi connectivity index (χ1) is 9.17. The molecule has 2 N–H and O–H groups in total. The number of rotatable bonds is 4. The second-order valence-corrected chi connectivity index (χ2v) is 4.08. The topological polar surface area (TPSA) is 83.0 Å². The molecule has 6 nitrogen and oxygen atoms in total. The summed E-state index contributed by atoms with van der Waals surface area (Å²) < 4.78 is 6.61. The Labute approximate surface area is 111 Å². The zero-order valence-corrected chi connectivity index (χ0v) is 11.0. The summed E-state index contributed by atoms with van der Waals surface area (Å²) in [5.74, 6) is 0.709. The largest absolute Gasteiger partial charge is 0.465 e. The highest BCUT2D eigenvalue weighted by molar-refractivity contribution is 5.94. The zero-order valence-electron chi connectivity index (χ0n) is 11.0. The smallest absolute Gasteiger partial charge is 0.340 e. The molecule has 0 aliphatic carbocycles. The quantitative estimate of drug-likeness (QED) is 0.844. The van der Waals surface area contributed by atoms with E-state index in [4.69, 9.17) is 10.5 Å². The Bertz CT molecular complexity index is 592. The van der Waals surface area contributed by atoms with Gasteiger partial charge in [-0.15, -0.1) is 0 Å². The second-order valence-electron chi connectivity index (χ2n) is 4.08. The Morgan fingerprint density at radius 3 is 2.95 bits per heavy atom. The van der Waals surface area contributed by atoms with Gasteiger partial charge in [-0.25, -0.2) is 14.8 Å². The van der Waals surface area contributed by atoms with Crippen molar-refractivity contribution in [2.24, 2.45) is 0 Å². The maximum absolute atomic E-state index is 11.8. The Balaban J connectivity index is 2.55. The summed E-state index contributed by atoms with van der Waals surface area (Å²) in [5.41, 5.74) is 6.63. The second kappa shape index (κ2) is 5.51. The number of hydrogen-bond donors (Lipinski definition) is 1. The average molecular weight is 260 g/mol. The van der Waals surface area contributed by atoms with Crippen LogP contribution in [0.2, 0.25) is 0 Å². The number of pyridine rings is 1. The van der Waals surface area contributed by atoms with Gasteiger partial charge >= 0.3 is 5.97 Å². The maximum Gasteiger partial charge on any atom is 0.340 e. The first kappa shape index (κ1) is 13.1. The number of nitrogens with zero attached hydrogens (tertiary/aromatic N) is 3. The number of methoxy groups -OCH3 is 1. The van der Waals surface area contributed by atoms with Crippen LogP contribution in [0.5, 0.6) is 0 Å². The number of aryl methyl sites for hydroxylation is 1. The minimum atomic E-state index is -0.444. The molecule has 2 aromatic heterocycles. The standard InChI is InChI=1S/C13H16N4O2/c1-3-4-12-15-5-6-17(12)10-8-16-11(14)7-9(10)13(18)19-2/h5-8H,3-4H2,1-2H3,(H2,14,16). The van der Waals surface area contributed by atoms with Crippen LogP contribution in [0.25, 0.3) is 5.69 Å². The van der Waals surface area contributed by atoms with Crippen molar-refractivity contribution in [1.29, 1.82) is 0 Å². The van der Waals surface area contributed by atoms with Crippen LogP contribution >= 0.6 is 0 Å². The van der Waals surface area contributed by atoms with Gasteiger partial charge in [0.05, 0.1) is 24.6 Å². The molecule has 0 atom stereocenters. The summed E-state index contributed by atoms with van der Waals surface area (Å²) in [4.78, 5) is 20.1. The molecule has 19 heavy (non-hydrogen) atoms. The molecular weight excluding hydrogens is 244 g/mol. The molecule has 0 saturated carbocycles. The van der Waals surface area contributed by atoms with Crippen molar-refractivity contribution in [3.63, 3.8) is 0 Å². The van der Waals surface area contributed by atoms with E-state index in [0.29, 0.717) is 11.3 Å². The van der Waals surface area contributed by atoms with Crippen LogP contribution in [0.4, 0.5) is 5.82 Å². The Morgan fingerprint density at radius 2 is 2.26 bits per heavy atom. The lowest BCUT2D eigenvalue weighted by atomic mass is 10.2. The fraction of sp³-hybridized carbons (Fsp3) is 0.308. The zero-order chi connectivity index (χ0) is 13.8. The van der Waals surface area contributed by atoms with E-state index in [-0.39, 0.29) is 5.82 Å². The first-order valence-corrected chi connectivity index (χ1v) is 6.03. The number of aromatic nitrogens is 3. The fourth-order valence-corrected chi connectivity index (χ4v) is 1.89. The van der Waals surface area contributed by atoms with Crippen molar-refractivity contribution in [3.8, 4) is 5.69 Å². The van der Waals surface area contributed by atoms with E-state index in [2.05, 4.69) is 16.9 Å². The van der Waals surface area contributed by atoms with Crippen molar-refractivity contribution in [1.82, 2.24) is 14.5 Å². The van der Waals surface area contributed by atoms with Gasteiger partial charge in [-0.2, -0.15) is 0 Å². The minimum absolute atomic E-state index is 0.279. The lowest BCUT2D eigenvalue weighted by molar-refractivity contribution is 0.0600. The van der Waals surface area contributed by atoms with E-state index in [1.165, 1.54) is 13.2 Å². The Morgan fingerprint density at radius 1 is 1.47 bits per heavy atom. The molecule has 6 heteroatoms. The monoisotopic (exact) mass is 260 g/mol. The van der Waals surface area contributed by atoms with Crippen molar-refractivity contribution in [2.75, 3.05) is 12.8 Å². The highest BCUT2D eigenvalue weighted by Crippen LogP contribution is 2.19. The molecule has 100 valence electrons. The molecule has 2 heterocycles. The van der Waals surface area contributed by atoms with Crippen LogP contribution in [-0.2, 0) is 11.2 Å². The van der Waals surface area contributed by atoms with E-state index in [1.54, 1.807) is 18.6 Å². The van der Waals surface area contributed by atoms with E-state index in [0.717, 1.165) is 18.7 Å². The van der Waals surface area contributed by atoms with Crippen LogP contribution in [0.3, 0.4) is 0 Å². The molecule has 2 aromatic rings. The van der Waals surface area contributed by atoms with Gasteiger partial charge in [-0.3, -0.25) is 0 Å². The molecule has 2 rings (SSSR count). The highest BCUT2D eigenvalue weighted by atomic mass is 16.5. The molecule has 0 saturated heterocycles. The number of carbonyl (C=O) groups is 1. The van der Waals surface area contributed by atoms with Gasteiger partial charge in [0.15, 0.2) is 0 Å². The predicted molar refractivity (Wildman–Crippen MR) is 71.1 cm³/mol. The molecule has 0 radical (unpaired) electrons. The van der Waals surface area contributed by atoms with Crippen LogP contribution in [-0.4, -0.2) is 27.6 Å². The summed E-state index contributed by atoms with van der Waals surface area (Å²) >= 11 is 0. The van der Waals surface area contributed by atoms with Gasteiger partial charge in [0.2, 0.25) is 0 Å².